The molecule has 0 radical (unpaired) electrons. The van der Waals surface area contributed by atoms with E-state index in [1.54, 1.807) is 24.3 Å². The van der Waals surface area contributed by atoms with E-state index in [0.717, 1.165) is 0 Å². The van der Waals surface area contributed by atoms with Gasteiger partial charge in [-0.05, 0) is 24.3 Å². The molecule has 0 amide bonds. The molecule has 1 aromatic carbocycles. The van der Waals surface area contributed by atoms with E-state index in [1.165, 1.54) is 12.1 Å². The van der Waals surface area contributed by atoms with Crippen molar-refractivity contribution in [3.8, 4) is 5.75 Å². The molecule has 18 heavy (non-hydrogen) atoms. The molecule has 96 valence electrons. The van der Waals surface area contributed by atoms with Gasteiger partial charge in [-0.1, -0.05) is 12.2 Å². The maximum absolute atomic E-state index is 10.7. The van der Waals surface area contributed by atoms with E-state index < -0.39 is 5.97 Å². The van der Waals surface area contributed by atoms with Gasteiger partial charge in [-0.15, -0.1) is 13.2 Å². The number of carbonyl (C=O) groups is 1. The first kappa shape index (κ1) is 14.0. The lowest BCUT2D eigenvalue weighted by Gasteiger charge is -2.19. The summed E-state index contributed by atoms with van der Waals surface area (Å²) in [5.41, 5.74) is 0.247. The topological polar surface area (TPSA) is 49.8 Å². The summed E-state index contributed by atoms with van der Waals surface area (Å²) < 4.78 is 5.55. The van der Waals surface area contributed by atoms with Gasteiger partial charge in [0.15, 0.2) is 0 Å². The number of benzene rings is 1. The van der Waals surface area contributed by atoms with Gasteiger partial charge in [0.05, 0.1) is 5.56 Å². The van der Waals surface area contributed by atoms with Gasteiger partial charge in [0.2, 0.25) is 0 Å². The lowest BCUT2D eigenvalue weighted by Crippen LogP contribution is -2.28. The summed E-state index contributed by atoms with van der Waals surface area (Å²) in [6, 6.07) is 6.32. The Balaban J connectivity index is 2.53. The molecule has 0 saturated carbocycles. The molecule has 1 aromatic rings. The highest BCUT2D eigenvalue weighted by molar-refractivity contribution is 5.87. The normalized spacial score (nSPS) is 10.1. The van der Waals surface area contributed by atoms with Gasteiger partial charge in [0.25, 0.3) is 0 Å². The van der Waals surface area contributed by atoms with Gasteiger partial charge in [-0.2, -0.15) is 0 Å². The van der Waals surface area contributed by atoms with E-state index in [9.17, 15) is 4.79 Å². The third-order valence-electron chi connectivity index (χ3n) is 2.29. The molecule has 4 nitrogen and oxygen atoms in total. The number of nitrogens with zero attached hydrogens (tertiary/aromatic N) is 1. The van der Waals surface area contributed by atoms with Gasteiger partial charge >= 0.3 is 5.97 Å². The van der Waals surface area contributed by atoms with Crippen LogP contribution in [-0.2, 0) is 0 Å². The zero-order chi connectivity index (χ0) is 13.4. The number of carboxylic acids is 1. The van der Waals surface area contributed by atoms with Gasteiger partial charge < -0.3 is 9.84 Å². The van der Waals surface area contributed by atoms with Crippen molar-refractivity contribution in [3.05, 3.63) is 55.1 Å². The van der Waals surface area contributed by atoms with Gasteiger partial charge in [0.1, 0.15) is 12.5 Å². The van der Waals surface area contributed by atoms with Crippen LogP contribution in [0.1, 0.15) is 10.4 Å². The highest BCUT2D eigenvalue weighted by Gasteiger charge is 2.04. The predicted molar refractivity (Wildman–Crippen MR) is 70.9 cm³/mol. The van der Waals surface area contributed by atoms with E-state index in [2.05, 4.69) is 13.2 Å². The first-order chi connectivity index (χ1) is 8.67. The molecule has 0 aliphatic heterocycles. The molecule has 0 spiro atoms. The molecule has 0 unspecified atom stereocenters. The second-order valence-corrected chi connectivity index (χ2v) is 3.72. The summed E-state index contributed by atoms with van der Waals surface area (Å²) in [5, 5.41) is 8.76. The van der Waals surface area contributed by atoms with Crippen molar-refractivity contribution in [2.45, 2.75) is 0 Å². The lowest BCUT2D eigenvalue weighted by atomic mass is 10.2. The first-order valence-electron chi connectivity index (χ1n) is 5.57. The predicted octanol–water partition coefficient (Wildman–Crippen LogP) is 2.40. The number of carboxylic acid groups (broad SMARTS) is 1. The Morgan fingerprint density at radius 1 is 1.22 bits per heavy atom. The molecule has 0 aliphatic carbocycles. The second kappa shape index (κ2) is 7.29. The van der Waals surface area contributed by atoms with Crippen LogP contribution in [0.25, 0.3) is 0 Å². The van der Waals surface area contributed by atoms with Crippen molar-refractivity contribution >= 4 is 5.97 Å². The van der Waals surface area contributed by atoms with Crippen molar-refractivity contribution in [1.29, 1.82) is 0 Å². The minimum atomic E-state index is -0.943. The summed E-state index contributed by atoms with van der Waals surface area (Å²) in [6.45, 7) is 9.17. The zero-order valence-electron chi connectivity index (χ0n) is 10.2. The highest BCUT2D eigenvalue weighted by Crippen LogP contribution is 2.12. The number of aromatic carboxylic acids is 1. The molecule has 0 aliphatic rings. The number of hydrogen-bond acceptors (Lipinski definition) is 3. The van der Waals surface area contributed by atoms with Crippen molar-refractivity contribution in [2.75, 3.05) is 19.8 Å². The Bertz CT molecular complexity index is 402. The van der Waals surface area contributed by atoms with Crippen LogP contribution in [-0.4, -0.2) is 35.8 Å². The minimum Gasteiger partial charge on any atom is -0.478 e. The van der Waals surface area contributed by atoms with Crippen LogP contribution in [0.2, 0.25) is 0 Å². The molecular weight excluding hydrogens is 230 g/mol. The molecule has 1 rings (SSSR count). The number of hydrogen-bond donors (Lipinski definition) is 1. The van der Waals surface area contributed by atoms with Crippen LogP contribution in [0.15, 0.2) is 49.6 Å². The van der Waals surface area contributed by atoms with E-state index in [0.29, 0.717) is 25.6 Å². The second-order valence-electron chi connectivity index (χ2n) is 3.72. The Morgan fingerprint density at radius 2 is 1.78 bits per heavy atom. The maximum atomic E-state index is 10.7. The molecule has 0 heterocycles. The largest absolute Gasteiger partial charge is 0.478 e. The molecule has 0 aromatic heterocycles. The number of ether oxygens (including phenoxy) is 1. The third kappa shape index (κ3) is 4.43. The Hall–Kier alpha value is -2.07. The van der Waals surface area contributed by atoms with Crippen molar-refractivity contribution < 1.29 is 14.6 Å². The highest BCUT2D eigenvalue weighted by atomic mass is 16.5. The van der Waals surface area contributed by atoms with E-state index in [4.69, 9.17) is 9.84 Å². The number of rotatable bonds is 8. The molecular formula is C14H17NO3. The van der Waals surface area contributed by atoms with E-state index in [-0.39, 0.29) is 5.56 Å². The van der Waals surface area contributed by atoms with E-state index in [1.807, 2.05) is 4.90 Å². The SMILES string of the molecule is C=CCN(CC=C)COc1ccc(C(=O)O)cc1. The van der Waals surface area contributed by atoms with E-state index >= 15 is 0 Å². The molecule has 0 bridgehead atoms. The summed E-state index contributed by atoms with van der Waals surface area (Å²) in [5.74, 6) is -0.306. The molecule has 0 fully saturated rings. The average molecular weight is 247 g/mol. The quantitative estimate of drug-likeness (QED) is 0.566. The fourth-order valence-electron chi connectivity index (χ4n) is 1.40. The van der Waals surface area contributed by atoms with Crippen molar-refractivity contribution in [3.63, 3.8) is 0 Å². The molecule has 4 heteroatoms. The van der Waals surface area contributed by atoms with Crippen LogP contribution in [0.3, 0.4) is 0 Å². The standard InChI is InChI=1S/C14H17NO3/c1-3-9-15(10-4-2)11-18-13-7-5-12(6-8-13)14(16)17/h3-8H,1-2,9-11H2,(H,16,17). The maximum Gasteiger partial charge on any atom is 0.335 e. The van der Waals surface area contributed by atoms with Crippen LogP contribution in [0.5, 0.6) is 5.75 Å². The summed E-state index contributed by atoms with van der Waals surface area (Å²) in [7, 11) is 0. The van der Waals surface area contributed by atoms with Crippen LogP contribution in [0.4, 0.5) is 0 Å². The van der Waals surface area contributed by atoms with Crippen LogP contribution < -0.4 is 4.74 Å². The minimum absolute atomic E-state index is 0.247. The Labute approximate surface area is 107 Å². The zero-order valence-corrected chi connectivity index (χ0v) is 10.2. The smallest absolute Gasteiger partial charge is 0.335 e. The fourth-order valence-corrected chi connectivity index (χ4v) is 1.40. The molecule has 0 saturated heterocycles. The summed E-state index contributed by atoms with van der Waals surface area (Å²) >= 11 is 0. The summed E-state index contributed by atoms with van der Waals surface area (Å²) in [4.78, 5) is 12.7. The monoisotopic (exact) mass is 247 g/mol. The third-order valence-corrected chi connectivity index (χ3v) is 2.29. The molecule has 1 N–H and O–H groups in total. The lowest BCUT2D eigenvalue weighted by molar-refractivity contribution is 0.0697. The average Bonchev–Trinajstić information content (AvgIpc) is 2.37. The summed E-state index contributed by atoms with van der Waals surface area (Å²) in [6.07, 6.45) is 3.58. The Kier molecular flexibility index (Phi) is 5.67. The fraction of sp³-hybridized carbons (Fsp3) is 0.214. The van der Waals surface area contributed by atoms with Gasteiger partial charge in [-0.25, -0.2) is 4.79 Å². The van der Waals surface area contributed by atoms with Crippen molar-refractivity contribution in [1.82, 2.24) is 4.90 Å². The first-order valence-corrected chi connectivity index (χ1v) is 5.57. The van der Waals surface area contributed by atoms with Gasteiger partial charge in [-0.3, -0.25) is 4.90 Å². The van der Waals surface area contributed by atoms with Crippen LogP contribution in [0, 0.1) is 0 Å². The van der Waals surface area contributed by atoms with Crippen LogP contribution >= 0.6 is 0 Å². The van der Waals surface area contributed by atoms with Crippen molar-refractivity contribution in [2.24, 2.45) is 0 Å². The van der Waals surface area contributed by atoms with Gasteiger partial charge in [0, 0.05) is 13.1 Å². The molecule has 0 atom stereocenters. The Morgan fingerprint density at radius 3 is 2.22 bits per heavy atom.